The van der Waals surface area contributed by atoms with Crippen LogP contribution in [0.15, 0.2) is 30.5 Å². The molecule has 3 heterocycles. The lowest BCUT2D eigenvalue weighted by Gasteiger charge is -2.05. The minimum atomic E-state index is -0.410. The highest BCUT2D eigenvalue weighted by atomic mass is 32.1. The molecule has 0 amide bonds. The van der Waals surface area contributed by atoms with E-state index < -0.39 is 5.97 Å². The van der Waals surface area contributed by atoms with Crippen LogP contribution in [0.2, 0.25) is 0 Å². The molecule has 0 aliphatic rings. The number of para-hydroxylation sites is 1. The Bertz CT molecular complexity index is 1280. The Kier molecular flexibility index (Phi) is 5.85. The van der Waals surface area contributed by atoms with Gasteiger partial charge in [-0.25, -0.2) is 14.8 Å². The van der Waals surface area contributed by atoms with Gasteiger partial charge < -0.3 is 20.2 Å². The number of carbonyl (C=O) groups is 2. The molecule has 0 saturated heterocycles. The maximum Gasteiger partial charge on any atom is 0.348 e. The highest BCUT2D eigenvalue weighted by molar-refractivity contribution is 7.20. The van der Waals surface area contributed by atoms with E-state index in [9.17, 15) is 9.59 Å². The van der Waals surface area contributed by atoms with Crippen LogP contribution in [0.1, 0.15) is 40.0 Å². The number of carbonyl (C=O) groups excluding carboxylic acids is 2. The summed E-state index contributed by atoms with van der Waals surface area (Å²) in [5, 5.41) is 1.73. The molecule has 0 aliphatic carbocycles. The van der Waals surface area contributed by atoms with Gasteiger partial charge in [0, 0.05) is 23.5 Å². The minimum absolute atomic E-state index is 0.0848. The fourth-order valence-corrected chi connectivity index (χ4v) is 4.57. The van der Waals surface area contributed by atoms with Gasteiger partial charge >= 0.3 is 11.9 Å². The number of ether oxygens (including phenoxy) is 2. The summed E-state index contributed by atoms with van der Waals surface area (Å²) in [6, 6.07) is 7.94. The zero-order chi connectivity index (χ0) is 22.0. The molecular weight excluding hydrogens is 416 g/mol. The van der Waals surface area contributed by atoms with Crippen molar-refractivity contribution in [1.29, 1.82) is 0 Å². The average molecular weight is 439 g/mol. The Hall–Kier alpha value is -3.46. The number of H-pyrrole nitrogens is 1. The van der Waals surface area contributed by atoms with Crippen molar-refractivity contribution in [3.8, 4) is 0 Å². The summed E-state index contributed by atoms with van der Waals surface area (Å²) in [5.41, 5.74) is 8.88. The van der Waals surface area contributed by atoms with Gasteiger partial charge in [-0.15, -0.1) is 11.3 Å². The quantitative estimate of drug-likeness (QED) is 0.420. The standard InChI is InChI=1S/C22H22N4O4S/c1-3-29-22(28)19-12(2)18-20(23)25-16(26-21(18)31-19)11-30-17(27)9-8-13-10-24-15-7-5-4-6-14(13)15/h4-7,10,24H,3,8-9,11H2,1-2H3,(H2,23,25,26). The first-order valence-electron chi connectivity index (χ1n) is 9.91. The molecule has 8 nitrogen and oxygen atoms in total. The third-order valence-corrected chi connectivity index (χ3v) is 6.13. The number of aryl methyl sites for hydroxylation is 2. The third kappa shape index (κ3) is 4.22. The molecule has 3 aromatic heterocycles. The molecule has 0 radical (unpaired) electrons. The Balaban J connectivity index is 1.42. The van der Waals surface area contributed by atoms with Crippen LogP contribution in [0.5, 0.6) is 0 Å². The summed E-state index contributed by atoms with van der Waals surface area (Å²) in [6.07, 6.45) is 2.72. The average Bonchev–Trinajstić information content (AvgIpc) is 3.32. The number of hydrogen-bond donors (Lipinski definition) is 2. The number of nitrogens with one attached hydrogen (secondary N) is 1. The number of nitrogens with two attached hydrogens (primary N) is 1. The van der Waals surface area contributed by atoms with Crippen LogP contribution in [-0.4, -0.2) is 33.5 Å². The van der Waals surface area contributed by atoms with Crippen LogP contribution >= 0.6 is 11.3 Å². The van der Waals surface area contributed by atoms with Crippen molar-refractivity contribution in [1.82, 2.24) is 15.0 Å². The van der Waals surface area contributed by atoms with Crippen molar-refractivity contribution in [2.24, 2.45) is 0 Å². The maximum atomic E-state index is 12.2. The fourth-order valence-electron chi connectivity index (χ4n) is 3.46. The van der Waals surface area contributed by atoms with Gasteiger partial charge in [-0.2, -0.15) is 0 Å². The zero-order valence-corrected chi connectivity index (χ0v) is 18.0. The second-order valence-corrected chi connectivity index (χ2v) is 8.00. The minimum Gasteiger partial charge on any atom is -0.462 e. The van der Waals surface area contributed by atoms with Crippen LogP contribution in [-0.2, 0) is 27.3 Å². The number of nitrogen functional groups attached to an aromatic ring is 1. The lowest BCUT2D eigenvalue weighted by molar-refractivity contribution is -0.145. The van der Waals surface area contributed by atoms with Gasteiger partial charge in [-0.1, -0.05) is 18.2 Å². The topological polar surface area (TPSA) is 120 Å². The summed E-state index contributed by atoms with van der Waals surface area (Å²) in [7, 11) is 0. The van der Waals surface area contributed by atoms with Crippen molar-refractivity contribution in [2.45, 2.75) is 33.3 Å². The molecule has 0 spiro atoms. The van der Waals surface area contributed by atoms with Gasteiger partial charge in [0.15, 0.2) is 12.4 Å². The molecule has 0 saturated carbocycles. The van der Waals surface area contributed by atoms with E-state index in [1.165, 1.54) is 11.3 Å². The maximum absolute atomic E-state index is 12.2. The number of esters is 2. The number of aromatic amines is 1. The number of thiophene rings is 1. The number of fused-ring (bicyclic) bond motifs is 2. The Morgan fingerprint density at radius 1 is 1.19 bits per heavy atom. The summed E-state index contributed by atoms with van der Waals surface area (Å²) in [5.74, 6) is -0.212. The van der Waals surface area contributed by atoms with Gasteiger partial charge in [0.2, 0.25) is 0 Å². The molecule has 4 aromatic rings. The Morgan fingerprint density at radius 3 is 2.81 bits per heavy atom. The largest absolute Gasteiger partial charge is 0.462 e. The predicted octanol–water partition coefficient (Wildman–Crippen LogP) is 3.92. The molecule has 0 aliphatic heterocycles. The van der Waals surface area contributed by atoms with Crippen LogP contribution in [0.3, 0.4) is 0 Å². The normalized spacial score (nSPS) is 11.2. The third-order valence-electron chi connectivity index (χ3n) is 4.96. The number of anilines is 1. The molecular formula is C22H22N4O4S. The molecule has 1 aromatic carbocycles. The lowest BCUT2D eigenvalue weighted by atomic mass is 10.1. The van der Waals surface area contributed by atoms with Crippen molar-refractivity contribution in [3.05, 3.63) is 52.3 Å². The van der Waals surface area contributed by atoms with Crippen molar-refractivity contribution in [3.63, 3.8) is 0 Å². The van der Waals surface area contributed by atoms with Gasteiger partial charge in [0.05, 0.1) is 12.0 Å². The van der Waals surface area contributed by atoms with E-state index in [0.717, 1.165) is 16.5 Å². The van der Waals surface area contributed by atoms with Crippen LogP contribution in [0, 0.1) is 6.92 Å². The van der Waals surface area contributed by atoms with E-state index in [2.05, 4.69) is 15.0 Å². The van der Waals surface area contributed by atoms with Gasteiger partial charge in [0.1, 0.15) is 15.5 Å². The van der Waals surface area contributed by atoms with Crippen molar-refractivity contribution < 1.29 is 19.1 Å². The number of rotatable bonds is 7. The monoisotopic (exact) mass is 438 g/mol. The molecule has 31 heavy (non-hydrogen) atoms. The highest BCUT2D eigenvalue weighted by Gasteiger charge is 2.20. The molecule has 0 unspecified atom stereocenters. The Morgan fingerprint density at radius 2 is 2.00 bits per heavy atom. The molecule has 0 atom stereocenters. The van der Waals surface area contributed by atoms with Crippen LogP contribution in [0.25, 0.3) is 21.1 Å². The first kappa shape index (κ1) is 20.8. The van der Waals surface area contributed by atoms with Gasteiger partial charge in [0.25, 0.3) is 0 Å². The lowest BCUT2D eigenvalue weighted by Crippen LogP contribution is -2.09. The second-order valence-electron chi connectivity index (χ2n) is 7.00. The number of aromatic nitrogens is 3. The Labute approximate surface area is 182 Å². The van der Waals surface area contributed by atoms with Gasteiger partial charge in [-0.3, -0.25) is 4.79 Å². The van der Waals surface area contributed by atoms with Crippen molar-refractivity contribution in [2.75, 3.05) is 12.3 Å². The smallest absolute Gasteiger partial charge is 0.348 e. The van der Waals surface area contributed by atoms with E-state index in [1.807, 2.05) is 30.5 Å². The highest BCUT2D eigenvalue weighted by Crippen LogP contribution is 2.33. The van der Waals surface area contributed by atoms with Crippen molar-refractivity contribution >= 4 is 50.2 Å². The number of nitrogens with zero attached hydrogens (tertiary/aromatic N) is 2. The summed E-state index contributed by atoms with van der Waals surface area (Å²) < 4.78 is 10.4. The summed E-state index contributed by atoms with van der Waals surface area (Å²) >= 11 is 1.19. The molecule has 160 valence electrons. The summed E-state index contributed by atoms with van der Waals surface area (Å²) in [4.78, 5) is 37.2. The first-order chi connectivity index (χ1) is 15.0. The van der Waals surface area contributed by atoms with Crippen LogP contribution < -0.4 is 5.73 Å². The van der Waals surface area contributed by atoms with Crippen LogP contribution in [0.4, 0.5) is 5.82 Å². The predicted molar refractivity (Wildman–Crippen MR) is 119 cm³/mol. The molecule has 0 bridgehead atoms. The van der Waals surface area contributed by atoms with E-state index in [0.29, 0.717) is 32.9 Å². The summed E-state index contributed by atoms with van der Waals surface area (Å²) in [6.45, 7) is 3.74. The zero-order valence-electron chi connectivity index (χ0n) is 17.2. The molecule has 4 rings (SSSR count). The molecule has 0 fully saturated rings. The van der Waals surface area contributed by atoms with Gasteiger partial charge in [-0.05, 0) is 37.5 Å². The number of benzene rings is 1. The number of hydrogen-bond acceptors (Lipinski definition) is 8. The molecule has 9 heteroatoms. The first-order valence-corrected chi connectivity index (χ1v) is 10.7. The van der Waals surface area contributed by atoms with E-state index >= 15 is 0 Å². The van der Waals surface area contributed by atoms with E-state index in [1.54, 1.807) is 13.8 Å². The van der Waals surface area contributed by atoms with E-state index in [4.69, 9.17) is 15.2 Å². The van der Waals surface area contributed by atoms with E-state index in [-0.39, 0.29) is 31.4 Å². The molecule has 3 N–H and O–H groups in total. The second kappa shape index (κ2) is 8.73. The fraction of sp³-hybridized carbons (Fsp3) is 0.273. The SMILES string of the molecule is CCOC(=O)c1sc2nc(COC(=O)CCc3c[nH]c4ccccc34)nc(N)c2c1C.